The Bertz CT molecular complexity index is 1130. The molecule has 0 amide bonds. The monoisotopic (exact) mass is 390 g/mol. The summed E-state index contributed by atoms with van der Waals surface area (Å²) in [7, 11) is 0. The van der Waals surface area contributed by atoms with E-state index in [1.165, 1.54) is 0 Å². The molecule has 0 aliphatic rings. The van der Waals surface area contributed by atoms with E-state index in [4.69, 9.17) is 9.62 Å². The van der Waals surface area contributed by atoms with Crippen LogP contribution in [-0.2, 0) is 9.78 Å². The molecule has 3 aromatic carbocycles. The molecule has 0 saturated heterocycles. The smallest absolute Gasteiger partial charge is 0.400 e. The summed E-state index contributed by atoms with van der Waals surface area (Å²) in [4.78, 5) is 33.8. The van der Waals surface area contributed by atoms with E-state index in [0.717, 1.165) is 22.1 Å². The Morgan fingerprint density at radius 2 is 1.39 bits per heavy atom. The van der Waals surface area contributed by atoms with Crippen molar-refractivity contribution in [2.45, 2.75) is 0 Å². The maximum Gasteiger partial charge on any atom is 0.400 e. The van der Waals surface area contributed by atoms with Gasteiger partial charge >= 0.3 is 11.9 Å². The van der Waals surface area contributed by atoms with Crippen molar-refractivity contribution in [2.75, 3.05) is 0 Å². The largest absolute Gasteiger partial charge is 0.455 e. The summed E-state index contributed by atoms with van der Waals surface area (Å²) in [5.74, 6) is -0.592. The molecule has 4 rings (SSSR count). The van der Waals surface area contributed by atoms with Crippen molar-refractivity contribution >= 4 is 34.0 Å². The molecule has 0 aliphatic carbocycles. The Balaban J connectivity index is 1.49. The first-order chi connectivity index (χ1) is 13.7. The summed E-state index contributed by atoms with van der Waals surface area (Å²) in [6.45, 7) is 0. The molecule has 0 unspecified atom stereocenters. The lowest BCUT2D eigenvalue weighted by Gasteiger charge is -2.09. The van der Waals surface area contributed by atoms with Crippen molar-refractivity contribution in [3.63, 3.8) is 0 Å². The molecule has 28 heavy (non-hydrogen) atoms. The molecule has 0 bridgehead atoms. The lowest BCUT2D eigenvalue weighted by Crippen LogP contribution is -2.11. The quantitative estimate of drug-likeness (QED) is 0.334. The molecular formula is C22H14O5S. The predicted octanol–water partition coefficient (Wildman–Crippen LogP) is 5.62. The van der Waals surface area contributed by atoms with Gasteiger partial charge in [0, 0.05) is 5.39 Å². The highest BCUT2D eigenvalue weighted by atomic mass is 32.1. The molecule has 4 aromatic rings. The van der Waals surface area contributed by atoms with E-state index < -0.39 is 11.9 Å². The molecule has 6 heteroatoms. The Morgan fingerprint density at radius 1 is 0.679 bits per heavy atom. The van der Waals surface area contributed by atoms with Crippen LogP contribution in [0.1, 0.15) is 20.0 Å². The number of benzene rings is 3. The Labute approximate surface area is 164 Å². The normalized spacial score (nSPS) is 10.4. The van der Waals surface area contributed by atoms with Crippen LogP contribution in [0, 0.1) is 0 Å². The van der Waals surface area contributed by atoms with Crippen LogP contribution < -0.4 is 4.74 Å². The van der Waals surface area contributed by atoms with Gasteiger partial charge in [0.15, 0.2) is 10.6 Å². The zero-order chi connectivity index (χ0) is 19.3. The summed E-state index contributed by atoms with van der Waals surface area (Å²) in [6.07, 6.45) is 0. The fourth-order valence-electron chi connectivity index (χ4n) is 2.67. The third-order valence-corrected chi connectivity index (χ3v) is 4.86. The van der Waals surface area contributed by atoms with Gasteiger partial charge in [0.1, 0.15) is 5.75 Å². The molecule has 1 heterocycles. The zero-order valence-electron chi connectivity index (χ0n) is 14.5. The van der Waals surface area contributed by atoms with Crippen LogP contribution in [0.4, 0.5) is 0 Å². The minimum atomic E-state index is -0.797. The van der Waals surface area contributed by atoms with Crippen molar-refractivity contribution < 1.29 is 24.1 Å². The molecule has 0 spiro atoms. The Hall–Kier alpha value is -3.64. The van der Waals surface area contributed by atoms with E-state index in [1.807, 2.05) is 42.5 Å². The summed E-state index contributed by atoms with van der Waals surface area (Å²) in [5.41, 5.74) is 0.286. The zero-order valence-corrected chi connectivity index (χ0v) is 15.3. The van der Waals surface area contributed by atoms with Crippen LogP contribution in [0.25, 0.3) is 10.8 Å². The summed E-state index contributed by atoms with van der Waals surface area (Å²) < 4.78 is 5.94. The van der Waals surface area contributed by atoms with Gasteiger partial charge in [-0.2, -0.15) is 0 Å². The van der Waals surface area contributed by atoms with Gasteiger partial charge in [-0.15, -0.1) is 11.3 Å². The fourth-order valence-corrected chi connectivity index (χ4v) is 3.35. The number of carbonyl (C=O) groups excluding carboxylic acids is 2. The number of thiophene rings is 1. The van der Waals surface area contributed by atoms with E-state index >= 15 is 0 Å². The van der Waals surface area contributed by atoms with Gasteiger partial charge in [0.25, 0.3) is 0 Å². The van der Waals surface area contributed by atoms with Gasteiger partial charge in [0.2, 0.25) is 0 Å². The first-order valence-electron chi connectivity index (χ1n) is 8.44. The van der Waals surface area contributed by atoms with E-state index in [-0.39, 0.29) is 10.4 Å². The van der Waals surface area contributed by atoms with Crippen molar-refractivity contribution in [1.82, 2.24) is 0 Å². The summed E-state index contributed by atoms with van der Waals surface area (Å²) in [6, 6.07) is 23.4. The molecule has 1 aromatic heterocycles. The van der Waals surface area contributed by atoms with Gasteiger partial charge in [-0.1, -0.05) is 54.6 Å². The molecule has 0 aliphatic heterocycles. The van der Waals surface area contributed by atoms with Crippen molar-refractivity contribution in [3.05, 3.63) is 94.7 Å². The van der Waals surface area contributed by atoms with E-state index in [1.54, 1.807) is 41.8 Å². The third kappa shape index (κ3) is 3.72. The number of ether oxygens (including phenoxy) is 1. The topological polar surface area (TPSA) is 61.8 Å². The third-order valence-electron chi connectivity index (χ3n) is 3.99. The minimum Gasteiger partial charge on any atom is -0.455 e. The second-order valence-electron chi connectivity index (χ2n) is 5.80. The van der Waals surface area contributed by atoms with Crippen molar-refractivity contribution in [1.29, 1.82) is 0 Å². The van der Waals surface area contributed by atoms with Gasteiger partial charge < -0.3 is 4.74 Å². The fraction of sp³-hybridized carbons (Fsp3) is 0. The van der Waals surface area contributed by atoms with Crippen LogP contribution in [0.15, 0.2) is 84.2 Å². The highest BCUT2D eigenvalue weighted by Crippen LogP contribution is 2.34. The van der Waals surface area contributed by atoms with E-state index in [0.29, 0.717) is 11.5 Å². The second kappa shape index (κ2) is 7.94. The lowest BCUT2D eigenvalue weighted by atomic mass is 10.1. The van der Waals surface area contributed by atoms with Crippen molar-refractivity contribution in [2.24, 2.45) is 0 Å². The molecule has 0 fully saturated rings. The van der Waals surface area contributed by atoms with Crippen LogP contribution in [-0.4, -0.2) is 11.9 Å². The predicted molar refractivity (Wildman–Crippen MR) is 106 cm³/mol. The van der Waals surface area contributed by atoms with E-state index in [2.05, 4.69) is 4.89 Å². The van der Waals surface area contributed by atoms with Crippen LogP contribution in [0.2, 0.25) is 0 Å². The number of rotatable bonds is 4. The molecule has 5 nitrogen and oxygen atoms in total. The Morgan fingerprint density at radius 3 is 2.25 bits per heavy atom. The SMILES string of the molecule is O=C(OOC(=O)c1sccc1Oc1cccc2ccccc12)c1ccccc1. The standard InChI is InChI=1S/C22H14O5S/c23-21(16-8-2-1-3-9-16)26-27-22(24)20-19(13-14-28-20)25-18-12-6-10-15-7-4-5-11-17(15)18/h1-14H. The Kier molecular flexibility index (Phi) is 5.03. The molecule has 0 saturated carbocycles. The first kappa shape index (κ1) is 17.8. The first-order valence-corrected chi connectivity index (χ1v) is 9.31. The average Bonchev–Trinajstić information content (AvgIpc) is 3.21. The highest BCUT2D eigenvalue weighted by Gasteiger charge is 2.20. The van der Waals surface area contributed by atoms with Crippen LogP contribution >= 0.6 is 11.3 Å². The van der Waals surface area contributed by atoms with Crippen LogP contribution in [0.3, 0.4) is 0 Å². The van der Waals surface area contributed by atoms with Crippen LogP contribution in [0.5, 0.6) is 11.5 Å². The number of hydrogen-bond donors (Lipinski definition) is 0. The van der Waals surface area contributed by atoms with Gasteiger partial charge in [-0.05, 0) is 35.0 Å². The molecule has 0 N–H and O–H groups in total. The summed E-state index contributed by atoms with van der Waals surface area (Å²) >= 11 is 1.14. The average molecular weight is 390 g/mol. The number of carbonyl (C=O) groups is 2. The number of fused-ring (bicyclic) bond motifs is 1. The second-order valence-corrected chi connectivity index (χ2v) is 6.72. The lowest BCUT2D eigenvalue weighted by molar-refractivity contribution is -0.187. The molecule has 0 radical (unpaired) electrons. The maximum absolute atomic E-state index is 12.3. The highest BCUT2D eigenvalue weighted by molar-refractivity contribution is 7.12. The molecule has 138 valence electrons. The van der Waals surface area contributed by atoms with E-state index in [9.17, 15) is 9.59 Å². The number of hydrogen-bond acceptors (Lipinski definition) is 6. The summed E-state index contributed by atoms with van der Waals surface area (Å²) in [5, 5.41) is 3.65. The van der Waals surface area contributed by atoms with Gasteiger partial charge in [-0.25, -0.2) is 19.4 Å². The maximum atomic E-state index is 12.3. The minimum absolute atomic E-state index is 0.203. The van der Waals surface area contributed by atoms with Gasteiger partial charge in [-0.3, -0.25) is 0 Å². The molecule has 0 atom stereocenters. The van der Waals surface area contributed by atoms with Crippen molar-refractivity contribution in [3.8, 4) is 11.5 Å². The van der Waals surface area contributed by atoms with Gasteiger partial charge in [0.05, 0.1) is 5.56 Å². The molecular weight excluding hydrogens is 376 g/mol.